The maximum absolute atomic E-state index is 13.6. The van der Waals surface area contributed by atoms with Crippen LogP contribution in [-0.2, 0) is 22.6 Å². The molecule has 1 aromatic carbocycles. The van der Waals surface area contributed by atoms with Crippen LogP contribution in [0.1, 0.15) is 74.0 Å². The quantitative estimate of drug-likeness (QED) is 0.200. The summed E-state index contributed by atoms with van der Waals surface area (Å²) in [5.74, 6) is -0.582. The lowest BCUT2D eigenvalue weighted by molar-refractivity contribution is -0.128. The molecule has 9 nitrogen and oxygen atoms in total. The Bertz CT molecular complexity index is 1650. The van der Waals surface area contributed by atoms with E-state index in [9.17, 15) is 23.6 Å². The van der Waals surface area contributed by atoms with E-state index in [1.165, 1.54) is 12.1 Å². The second kappa shape index (κ2) is 13.0. The van der Waals surface area contributed by atoms with Crippen molar-refractivity contribution in [3.8, 4) is 6.07 Å². The number of amides is 2. The topological polar surface area (TPSA) is 112 Å². The summed E-state index contributed by atoms with van der Waals surface area (Å²) in [6, 6.07) is 10.7. The zero-order chi connectivity index (χ0) is 32.5. The van der Waals surface area contributed by atoms with Gasteiger partial charge in [-0.15, -0.1) is 11.3 Å². The number of alkyl halides is 2. The van der Waals surface area contributed by atoms with Crippen molar-refractivity contribution in [1.29, 1.82) is 5.26 Å². The molecule has 2 aliphatic heterocycles. The zero-order valence-electron chi connectivity index (χ0n) is 26.3. The van der Waals surface area contributed by atoms with Crippen LogP contribution in [0, 0.1) is 22.2 Å². The van der Waals surface area contributed by atoms with Crippen molar-refractivity contribution in [2.45, 2.75) is 79.1 Å². The summed E-state index contributed by atoms with van der Waals surface area (Å²) in [6.45, 7) is 13.0. The van der Waals surface area contributed by atoms with Gasteiger partial charge >= 0.3 is 0 Å². The minimum Gasteiger partial charge on any atom is -0.379 e. The van der Waals surface area contributed by atoms with Crippen LogP contribution in [0.25, 0.3) is 11.0 Å². The predicted molar refractivity (Wildman–Crippen MR) is 170 cm³/mol. The smallest absolute Gasteiger partial charge is 0.272 e. The predicted octanol–water partition coefficient (Wildman–Crippen LogP) is 6.29. The number of hydrogen-bond acceptors (Lipinski definition) is 7. The molecule has 0 aliphatic carbocycles. The molecule has 2 aliphatic rings. The lowest BCUT2D eigenvalue weighted by atomic mass is 9.86. The Morgan fingerprint density at radius 1 is 1.27 bits per heavy atom. The zero-order valence-corrected chi connectivity index (χ0v) is 27.1. The summed E-state index contributed by atoms with van der Waals surface area (Å²) < 4.78 is 33.6. The fraction of sp³-hybridized carbons (Fsp3) is 0.515. The van der Waals surface area contributed by atoms with Crippen molar-refractivity contribution >= 4 is 40.1 Å². The Morgan fingerprint density at radius 3 is 2.64 bits per heavy atom. The number of rotatable bonds is 10. The molecule has 0 bridgehead atoms. The van der Waals surface area contributed by atoms with E-state index in [0.29, 0.717) is 44.8 Å². The molecule has 4 heterocycles. The van der Waals surface area contributed by atoms with Crippen molar-refractivity contribution < 1.29 is 23.1 Å². The van der Waals surface area contributed by atoms with E-state index in [1.807, 2.05) is 29.7 Å². The first kappa shape index (κ1) is 32.7. The molecular formula is C33H40F2N6O3S. The Labute approximate surface area is 266 Å². The molecule has 0 unspecified atom stereocenters. The highest BCUT2D eigenvalue weighted by Crippen LogP contribution is 2.32. The number of halogens is 2. The number of imidazole rings is 1. The number of fused-ring (bicyclic) bond motifs is 1. The average Bonchev–Trinajstić information content (AvgIpc) is 3.72. The van der Waals surface area contributed by atoms with Gasteiger partial charge in [0.05, 0.1) is 40.0 Å². The van der Waals surface area contributed by atoms with Gasteiger partial charge in [-0.1, -0.05) is 39.8 Å². The Hall–Kier alpha value is -3.66. The van der Waals surface area contributed by atoms with Crippen molar-refractivity contribution in [2.24, 2.45) is 10.8 Å². The standard InChI is InChI=1S/C33H40F2N6O3S/c1-20(32(2,3)4)37-16-21-8-9-25-24(13-21)38-31(39-29(42)27-11-10-26(45-27)28(34)35)41(25)17-23-7-6-12-40(23)30(43)22(15-36)14-33(5)18-44-19-33/h8-11,13-14,20,23,28,37H,6-7,12,16-19H2,1-5H3,(H,38,39,42)/b22-14-/t20-,23+/m0/s1. The number of carbonyl (C=O) groups excluding carboxylic acids is 2. The molecule has 2 amide bonds. The molecule has 2 N–H and O–H groups in total. The highest BCUT2D eigenvalue weighted by Gasteiger charge is 2.36. The van der Waals surface area contributed by atoms with E-state index in [-0.39, 0.29) is 50.1 Å². The second-order valence-electron chi connectivity index (χ2n) is 13.4. The molecule has 12 heteroatoms. The van der Waals surface area contributed by atoms with Gasteiger partial charge in [-0.2, -0.15) is 5.26 Å². The molecule has 0 spiro atoms. The van der Waals surface area contributed by atoms with Crippen LogP contribution in [0.15, 0.2) is 42.0 Å². The molecule has 2 saturated heterocycles. The first-order valence-electron chi connectivity index (χ1n) is 15.2. The fourth-order valence-electron chi connectivity index (χ4n) is 5.55. The van der Waals surface area contributed by atoms with E-state index in [0.717, 1.165) is 28.8 Å². The van der Waals surface area contributed by atoms with Crippen molar-refractivity contribution in [1.82, 2.24) is 19.8 Å². The third-order valence-electron chi connectivity index (χ3n) is 8.75. The first-order chi connectivity index (χ1) is 21.3. The average molecular weight is 639 g/mol. The molecule has 3 aromatic rings. The number of nitriles is 1. The summed E-state index contributed by atoms with van der Waals surface area (Å²) in [6.07, 6.45) is 0.550. The number of nitrogens with zero attached hydrogens (tertiary/aromatic N) is 4. The van der Waals surface area contributed by atoms with Crippen molar-refractivity contribution in [3.05, 3.63) is 57.3 Å². The monoisotopic (exact) mass is 638 g/mol. The minimum absolute atomic E-state index is 0.0870. The van der Waals surface area contributed by atoms with E-state index in [4.69, 9.17) is 9.72 Å². The molecule has 240 valence electrons. The van der Waals surface area contributed by atoms with Crippen LogP contribution in [0.5, 0.6) is 0 Å². The highest BCUT2D eigenvalue weighted by molar-refractivity contribution is 7.14. The Kier molecular flexibility index (Phi) is 9.44. The maximum Gasteiger partial charge on any atom is 0.272 e. The SMILES string of the molecule is C[C@H](NCc1ccc2c(c1)nc(NC(=O)c1ccc(C(F)F)s1)n2C[C@H]1CCCN1C(=O)/C(C#N)=C\C1(C)COC1)C(C)(C)C. The maximum atomic E-state index is 13.6. The van der Waals surface area contributed by atoms with Gasteiger partial charge in [0.2, 0.25) is 5.95 Å². The summed E-state index contributed by atoms with van der Waals surface area (Å²) >= 11 is 0.743. The van der Waals surface area contributed by atoms with Crippen LogP contribution in [0.3, 0.4) is 0 Å². The number of carbonyl (C=O) groups is 2. The second-order valence-corrected chi connectivity index (χ2v) is 14.5. The van der Waals surface area contributed by atoms with Gasteiger partial charge in [-0.25, -0.2) is 13.8 Å². The normalized spacial score (nSPS) is 19.0. The minimum atomic E-state index is -2.66. The Morgan fingerprint density at radius 2 is 2.02 bits per heavy atom. The summed E-state index contributed by atoms with van der Waals surface area (Å²) in [4.78, 5) is 33.2. The number of anilines is 1. The lowest BCUT2D eigenvalue weighted by Crippen LogP contribution is -2.41. The van der Waals surface area contributed by atoms with Gasteiger partial charge < -0.3 is 19.5 Å². The van der Waals surface area contributed by atoms with Gasteiger partial charge in [0, 0.05) is 31.1 Å². The Balaban J connectivity index is 1.44. The molecule has 0 saturated carbocycles. The van der Waals surface area contributed by atoms with Gasteiger partial charge in [0.1, 0.15) is 11.6 Å². The molecule has 5 rings (SSSR count). The molecule has 2 fully saturated rings. The largest absolute Gasteiger partial charge is 0.379 e. The number of benzene rings is 1. The highest BCUT2D eigenvalue weighted by atomic mass is 32.1. The molecular weight excluding hydrogens is 598 g/mol. The van der Waals surface area contributed by atoms with Crippen molar-refractivity contribution in [2.75, 3.05) is 25.1 Å². The van der Waals surface area contributed by atoms with Crippen LogP contribution >= 0.6 is 11.3 Å². The van der Waals surface area contributed by atoms with Crippen molar-refractivity contribution in [3.63, 3.8) is 0 Å². The summed E-state index contributed by atoms with van der Waals surface area (Å²) in [7, 11) is 0. The summed E-state index contributed by atoms with van der Waals surface area (Å²) in [5.41, 5.74) is 2.31. The number of likely N-dealkylation sites (tertiary alicyclic amines) is 1. The van der Waals surface area contributed by atoms with Crippen LogP contribution in [0.2, 0.25) is 0 Å². The number of thiophene rings is 1. The van der Waals surface area contributed by atoms with E-state index in [1.54, 1.807) is 11.0 Å². The van der Waals surface area contributed by atoms with E-state index < -0.39 is 12.3 Å². The van der Waals surface area contributed by atoms with Gasteiger partial charge in [0.25, 0.3) is 18.2 Å². The summed E-state index contributed by atoms with van der Waals surface area (Å²) in [5, 5.41) is 16.2. The number of aromatic nitrogens is 2. The van der Waals surface area contributed by atoms with E-state index >= 15 is 0 Å². The lowest BCUT2D eigenvalue weighted by Gasteiger charge is -2.35. The molecule has 0 radical (unpaired) electrons. The van der Waals surface area contributed by atoms with Gasteiger partial charge in [0.15, 0.2) is 0 Å². The van der Waals surface area contributed by atoms with E-state index in [2.05, 4.69) is 44.4 Å². The van der Waals surface area contributed by atoms with Gasteiger partial charge in [-0.05, 0) is 55.0 Å². The number of ether oxygens (including phenoxy) is 1. The molecule has 45 heavy (non-hydrogen) atoms. The third kappa shape index (κ3) is 7.27. The third-order valence-corrected chi connectivity index (χ3v) is 9.84. The molecule has 2 aromatic heterocycles. The fourth-order valence-corrected chi connectivity index (χ4v) is 6.31. The molecule has 2 atom stereocenters. The number of nitrogens with one attached hydrogen (secondary N) is 2. The number of hydrogen-bond donors (Lipinski definition) is 2. The van der Waals surface area contributed by atoms with Crippen LogP contribution < -0.4 is 10.6 Å². The van der Waals surface area contributed by atoms with Crippen LogP contribution in [0.4, 0.5) is 14.7 Å². The van der Waals surface area contributed by atoms with Gasteiger partial charge in [-0.3, -0.25) is 14.9 Å². The first-order valence-corrected chi connectivity index (χ1v) is 16.0. The van der Waals surface area contributed by atoms with Crippen LogP contribution in [-0.4, -0.2) is 58.1 Å².